The van der Waals surface area contributed by atoms with E-state index in [1.807, 2.05) is 0 Å². The summed E-state index contributed by atoms with van der Waals surface area (Å²) in [6, 6.07) is -7.63. The summed E-state index contributed by atoms with van der Waals surface area (Å²) in [6.07, 6.45) is -97.1. The zero-order chi connectivity index (χ0) is 90.5. The van der Waals surface area contributed by atoms with E-state index < -0.39 is 397 Å². The highest BCUT2D eigenvalue weighted by Crippen LogP contribution is 2.41. The highest BCUT2D eigenvalue weighted by atomic mass is 16.8. The van der Waals surface area contributed by atoms with E-state index in [4.69, 9.17) is 90.0 Å². The molecule has 50 atom stereocenters. The molecule has 0 unspecified atom stereocenters. The van der Waals surface area contributed by atoms with E-state index in [1.54, 1.807) is 0 Å². The van der Waals surface area contributed by atoms with Gasteiger partial charge in [0.05, 0.1) is 66.1 Å². The second-order valence-corrected chi connectivity index (χ2v) is 31.0. The third-order valence-electron chi connectivity index (χ3n) is 22.5. The van der Waals surface area contributed by atoms with Crippen LogP contribution in [0.25, 0.3) is 0 Å². The van der Waals surface area contributed by atoms with Crippen molar-refractivity contribution in [3.05, 3.63) is 0 Å². The minimum Gasteiger partial charge on any atom is -0.394 e. The van der Waals surface area contributed by atoms with Gasteiger partial charge >= 0.3 is 0 Å². The zero-order valence-electron chi connectivity index (χ0n) is 65.9. The molecule has 0 aromatic rings. The van der Waals surface area contributed by atoms with Gasteiger partial charge in [0.1, 0.15) is 244 Å². The highest BCUT2D eigenvalue weighted by Gasteiger charge is 2.62. The molecule has 55 nitrogen and oxygen atoms in total. The molecule has 712 valence electrons. The van der Waals surface area contributed by atoms with E-state index in [1.165, 1.54) is 0 Å². The Kier molecular flexibility index (Phi) is 36.4. The number of hydrogen-bond acceptors (Lipinski definition) is 51. The van der Waals surface area contributed by atoms with E-state index in [0.717, 1.165) is 27.7 Å². The first-order valence-corrected chi connectivity index (χ1v) is 39.1. The third-order valence-corrected chi connectivity index (χ3v) is 22.5. The topological polar surface area (TPSA) is 858 Å². The summed E-state index contributed by atoms with van der Waals surface area (Å²) < 4.78 is 113. The van der Waals surface area contributed by atoms with Gasteiger partial charge in [-0.15, -0.1) is 0 Å². The monoisotopic (exact) mass is 1800 g/mol. The predicted molar refractivity (Wildman–Crippen MR) is 376 cm³/mol. The molecule has 55 heteroatoms. The van der Waals surface area contributed by atoms with Crippen LogP contribution in [0.3, 0.4) is 0 Å². The van der Waals surface area contributed by atoms with Gasteiger partial charge < -0.3 is 254 Å². The molecule has 10 saturated heterocycles. The number of ether oxygens (including phenoxy) is 19. The summed E-state index contributed by atoms with van der Waals surface area (Å²) >= 11 is 0. The largest absolute Gasteiger partial charge is 0.394 e. The smallest absolute Gasteiger partial charge is 0.217 e. The Morgan fingerprint density at radius 2 is 0.447 bits per heavy atom. The molecule has 4 amide bonds. The summed E-state index contributed by atoms with van der Waals surface area (Å²) in [4.78, 5) is 51.4. The molecule has 10 heterocycles. The number of carbonyl (C=O) groups is 4. The zero-order valence-corrected chi connectivity index (χ0v) is 65.9. The van der Waals surface area contributed by atoms with Crippen LogP contribution in [0.2, 0.25) is 0 Å². The first-order chi connectivity index (χ1) is 58.2. The minimum absolute atomic E-state index is 0.885. The molecule has 10 aliphatic heterocycles. The van der Waals surface area contributed by atoms with Gasteiger partial charge in [0.15, 0.2) is 62.9 Å². The van der Waals surface area contributed by atoms with Gasteiger partial charge in [-0.25, -0.2) is 0 Å². The molecule has 0 spiro atoms. The van der Waals surface area contributed by atoms with Crippen LogP contribution >= 0.6 is 0 Å². The molecular weight excluding hydrogens is 1690 g/mol. The first-order valence-electron chi connectivity index (χ1n) is 39.1. The van der Waals surface area contributed by atoms with E-state index >= 15 is 0 Å². The molecule has 10 aliphatic rings. The second kappa shape index (κ2) is 44.3. The van der Waals surface area contributed by atoms with Crippen molar-refractivity contribution in [2.24, 2.45) is 0 Å². The average Bonchev–Trinajstić information content (AvgIpc) is 0.773. The Bertz CT molecular complexity index is 3300. The molecule has 0 bridgehead atoms. The van der Waals surface area contributed by atoms with Crippen LogP contribution in [-0.4, -0.2) is 539 Å². The van der Waals surface area contributed by atoms with Crippen molar-refractivity contribution in [1.29, 1.82) is 0 Å². The summed E-state index contributed by atoms with van der Waals surface area (Å²) in [6.45, 7) is -7.33. The Balaban J connectivity index is 0.997. The lowest BCUT2D eigenvalue weighted by Gasteiger charge is -2.51. The highest BCUT2D eigenvalue weighted by molar-refractivity contribution is 5.74. The summed E-state index contributed by atoms with van der Waals surface area (Å²) in [5.74, 6) is -3.76. The summed E-state index contributed by atoms with van der Waals surface area (Å²) in [7, 11) is 0. The molecule has 0 aliphatic carbocycles. The van der Waals surface area contributed by atoms with Crippen molar-refractivity contribution < 1.29 is 252 Å². The number of hydrogen-bond donors (Lipinski definition) is 32. The maximum Gasteiger partial charge on any atom is 0.217 e. The number of aliphatic hydroxyl groups excluding tert-OH is 28. The maximum absolute atomic E-state index is 13.1. The molecule has 10 fully saturated rings. The molecule has 123 heavy (non-hydrogen) atoms. The number of rotatable bonds is 32. The van der Waals surface area contributed by atoms with E-state index in [0.29, 0.717) is 0 Å². The van der Waals surface area contributed by atoms with Gasteiger partial charge in [-0.3, -0.25) is 19.2 Å². The van der Waals surface area contributed by atoms with Gasteiger partial charge in [0.2, 0.25) is 23.6 Å². The number of nitrogens with one attached hydrogen (secondary N) is 4. The normalized spacial score (nSPS) is 49.4. The summed E-state index contributed by atoms with van der Waals surface area (Å²) in [5, 5.41) is 321. The molecule has 0 aromatic heterocycles. The number of amides is 4. The summed E-state index contributed by atoms with van der Waals surface area (Å²) in [5.41, 5.74) is 0. The molecule has 0 radical (unpaired) electrons. The van der Waals surface area contributed by atoms with Crippen LogP contribution in [-0.2, 0) is 109 Å². The van der Waals surface area contributed by atoms with E-state index in [-0.39, 0.29) is 0 Å². The SMILES string of the molecule is CC(=O)N[C@@H]1[C@@H](O)[C@H](O[C@@H]2O[C@H](CO[C@H]3O[C@H](CO[C@@H]4O[C@H](CO)[C@@H](O[C@@H]5O[C@H](CO)[C@H](O)[C@H](O)[C@H]5O)[C@H](O)[C@H]4NC(C)=O)[C@@H](O)[C@H](O)[C@@H]3O[C@@H]3O[C@H](CO)[C@@H](O[C@@H]4O[C@H](CO)[C@H](O)[C@H](O)[C@H]4O)[C@H](O)[C@H]3NC(C)=O)[C@@H](O)[C@H](O[C@H]3O[C@H](CO)[C@@H](O)[C@H](O)[C@@H]3O[C@@H]3O[C@H](CO)[C@@H](O[C@@H]4O[C@H](CO)[C@H](O)[C@H](O)[C@H]4O)[C@H](O)[C@H]3NC(C)=O)[C@@H]2O)[C@@H](CO)O[C@H]1O. The number of carbonyl (C=O) groups excluding carboxylic acids is 4. The van der Waals surface area contributed by atoms with Crippen LogP contribution in [0.1, 0.15) is 27.7 Å². The molecule has 0 aromatic carbocycles. The van der Waals surface area contributed by atoms with Gasteiger partial charge in [-0.2, -0.15) is 0 Å². The van der Waals surface area contributed by atoms with Crippen molar-refractivity contribution in [2.45, 2.75) is 335 Å². The van der Waals surface area contributed by atoms with Crippen LogP contribution in [0.15, 0.2) is 0 Å². The van der Waals surface area contributed by atoms with Gasteiger partial charge in [-0.1, -0.05) is 0 Å². The van der Waals surface area contributed by atoms with Crippen LogP contribution in [0.5, 0.6) is 0 Å². The van der Waals surface area contributed by atoms with Crippen LogP contribution < -0.4 is 21.3 Å². The quantitative estimate of drug-likeness (QED) is 0.0297. The standard InChI is InChI=1S/C68H114N4O51/c1-15(81)69-29-39(91)52(23(9-77)107-59(29)104)120-66-51(103)56(121-68-58(46(98)36(88)22(8-76)111-68)123-62-32(72-18(4)84)42(94)55(26(12-80)114-62)119-65-50(102)45(97)35(87)21(7-75)110-65)38(90)28(115-66)14-106-67-57(122-61-31(71-17(3)83)41(93)54(25(11-79)113-61)118-64-49(101)44(96)34(86)20(6-74)109-64)47(99)37(89)27(116-67)13-105-60-30(70-16(2)82)40(92)53(24(10-78)112-60)117-63-48(100)43(95)33(85)19(5-73)108-63/h19-68,73-80,85-104H,5-14H2,1-4H3,(H,69,81)(H,70,82)(H,71,83)(H,72,84)/t19-,20-,21-,22-,23-,24-,25-,26-,27-,28-,29-,30-,31-,32-,33+,34+,35+,36-,37-,38-,39-,40-,41-,42-,43+,44+,45+,46+,47+,48-,49-,50-,51+,52-,53-,54-,55-,56+,57+,58+,59-,60-,61+,62+,63+,64+,65+,66+,67+,68-/m1/s1. The molecule has 10 rings (SSSR count). The predicted octanol–water partition coefficient (Wildman–Crippen LogP) is -22.2. The molecule has 0 saturated carbocycles. The average molecular weight is 1800 g/mol. The van der Waals surface area contributed by atoms with Crippen molar-refractivity contribution >= 4 is 23.6 Å². The van der Waals surface area contributed by atoms with Crippen LogP contribution in [0.4, 0.5) is 0 Å². The third kappa shape index (κ3) is 22.4. The first kappa shape index (κ1) is 101. The minimum atomic E-state index is -2.58. The second-order valence-electron chi connectivity index (χ2n) is 31.0. The fourth-order valence-electron chi connectivity index (χ4n) is 15.8. The Morgan fingerprint density at radius 1 is 0.211 bits per heavy atom. The lowest BCUT2D eigenvalue weighted by molar-refractivity contribution is -0.398. The van der Waals surface area contributed by atoms with Gasteiger partial charge in [0, 0.05) is 27.7 Å². The van der Waals surface area contributed by atoms with Crippen molar-refractivity contribution in [1.82, 2.24) is 21.3 Å². The van der Waals surface area contributed by atoms with E-state index in [2.05, 4.69) is 21.3 Å². The Hall–Kier alpha value is -4.00. The van der Waals surface area contributed by atoms with Crippen molar-refractivity contribution in [2.75, 3.05) is 66.1 Å². The van der Waals surface area contributed by atoms with Crippen LogP contribution in [0, 0.1) is 0 Å². The lowest BCUT2D eigenvalue weighted by Crippen LogP contribution is -2.70. The van der Waals surface area contributed by atoms with Crippen molar-refractivity contribution in [3.8, 4) is 0 Å². The van der Waals surface area contributed by atoms with Crippen molar-refractivity contribution in [3.63, 3.8) is 0 Å². The molecule has 32 N–H and O–H groups in total. The van der Waals surface area contributed by atoms with Gasteiger partial charge in [-0.05, 0) is 0 Å². The Morgan fingerprint density at radius 3 is 0.805 bits per heavy atom. The van der Waals surface area contributed by atoms with Gasteiger partial charge in [0.25, 0.3) is 0 Å². The maximum atomic E-state index is 13.1. The number of aliphatic hydroxyl groups is 28. The van der Waals surface area contributed by atoms with E-state index in [9.17, 15) is 162 Å². The fraction of sp³-hybridized carbons (Fsp3) is 0.941. The fourth-order valence-corrected chi connectivity index (χ4v) is 15.8. The Labute approximate surface area is 695 Å². The molecular formula is C68H114N4O51. The lowest BCUT2D eigenvalue weighted by atomic mass is 9.94.